The highest BCUT2D eigenvalue weighted by Gasteiger charge is 2.11. The molecule has 0 spiro atoms. The lowest BCUT2D eigenvalue weighted by atomic mass is 10.1. The molecule has 0 aliphatic heterocycles. The number of hydrogen-bond donors (Lipinski definition) is 3. The number of aromatic nitrogens is 2. The van der Waals surface area contributed by atoms with Gasteiger partial charge in [0.05, 0.1) is 16.6 Å². The van der Waals surface area contributed by atoms with E-state index in [4.69, 9.17) is 4.42 Å². The maximum atomic E-state index is 13.8. The highest BCUT2D eigenvalue weighted by molar-refractivity contribution is 5.93. The lowest BCUT2D eigenvalue weighted by molar-refractivity contribution is -0.116. The minimum absolute atomic E-state index is 0.184. The van der Waals surface area contributed by atoms with Gasteiger partial charge in [-0.2, -0.15) is 0 Å². The van der Waals surface area contributed by atoms with Crippen LogP contribution in [0, 0.1) is 5.82 Å². The molecule has 0 saturated carbocycles. The molecule has 3 N–H and O–H groups in total. The van der Waals surface area contributed by atoms with Crippen molar-refractivity contribution < 1.29 is 13.6 Å². The van der Waals surface area contributed by atoms with Crippen molar-refractivity contribution in [2.75, 3.05) is 5.32 Å². The number of benzene rings is 2. The van der Waals surface area contributed by atoms with Crippen molar-refractivity contribution in [1.82, 2.24) is 9.97 Å². The number of rotatable bonds is 5. The predicted molar refractivity (Wildman–Crippen MR) is 100.0 cm³/mol. The first kappa shape index (κ1) is 16.8. The average Bonchev–Trinajstić information content (AvgIpc) is 3.25. The number of imidazole rings is 1. The van der Waals surface area contributed by atoms with Crippen molar-refractivity contribution in [3.8, 4) is 11.3 Å². The molecule has 0 bridgehead atoms. The maximum absolute atomic E-state index is 13.8. The van der Waals surface area contributed by atoms with Gasteiger partial charge in [-0.15, -0.1) is 0 Å². The number of furan rings is 1. The third-order valence-electron chi connectivity index (χ3n) is 4.20. The Morgan fingerprint density at radius 2 is 1.85 bits per heavy atom. The zero-order valence-electron chi connectivity index (χ0n) is 14.2. The maximum Gasteiger partial charge on any atom is 0.323 e. The Hall–Kier alpha value is -3.61. The van der Waals surface area contributed by atoms with Gasteiger partial charge < -0.3 is 19.7 Å². The van der Waals surface area contributed by atoms with Crippen LogP contribution in [0.4, 0.5) is 10.1 Å². The first-order valence-corrected chi connectivity index (χ1v) is 8.44. The van der Waals surface area contributed by atoms with Gasteiger partial charge in [0, 0.05) is 18.5 Å². The van der Waals surface area contributed by atoms with Crippen molar-refractivity contribution >= 4 is 22.6 Å². The van der Waals surface area contributed by atoms with Crippen LogP contribution >= 0.6 is 0 Å². The highest BCUT2D eigenvalue weighted by atomic mass is 19.1. The summed E-state index contributed by atoms with van der Waals surface area (Å²) in [6.45, 7) is 0. The van der Waals surface area contributed by atoms with Gasteiger partial charge in [0.15, 0.2) is 0 Å². The summed E-state index contributed by atoms with van der Waals surface area (Å²) in [6, 6.07) is 14.9. The van der Waals surface area contributed by atoms with Gasteiger partial charge in [-0.3, -0.25) is 4.79 Å². The number of nitrogens with one attached hydrogen (secondary N) is 3. The van der Waals surface area contributed by atoms with Crippen LogP contribution in [0.1, 0.15) is 12.2 Å². The number of aryl methyl sites for hydroxylation is 1. The van der Waals surface area contributed by atoms with Gasteiger partial charge in [-0.05, 0) is 42.5 Å². The fourth-order valence-electron chi connectivity index (χ4n) is 2.89. The minimum Gasteiger partial charge on any atom is -0.461 e. The lowest BCUT2D eigenvalue weighted by Crippen LogP contribution is -2.12. The fraction of sp³-hybridized carbons (Fsp3) is 0.100. The predicted octanol–water partition coefficient (Wildman–Crippen LogP) is 3.83. The highest BCUT2D eigenvalue weighted by Crippen LogP contribution is 2.25. The number of hydrogen-bond acceptors (Lipinski definition) is 3. The van der Waals surface area contributed by atoms with Crippen LogP contribution in [0.2, 0.25) is 0 Å². The molecule has 136 valence electrons. The van der Waals surface area contributed by atoms with E-state index in [9.17, 15) is 14.0 Å². The van der Waals surface area contributed by atoms with Gasteiger partial charge >= 0.3 is 5.69 Å². The number of fused-ring (bicyclic) bond motifs is 1. The van der Waals surface area contributed by atoms with E-state index in [1.807, 2.05) is 0 Å². The topological polar surface area (TPSA) is 90.9 Å². The SMILES string of the molecule is O=C(CCc1ccc(-c2ccccc2F)o1)Nc1ccc2[nH]c(=O)[nH]c2c1. The number of aromatic amines is 2. The molecule has 6 nitrogen and oxygen atoms in total. The smallest absolute Gasteiger partial charge is 0.323 e. The van der Waals surface area contributed by atoms with Crippen LogP contribution < -0.4 is 11.0 Å². The Kier molecular flexibility index (Phi) is 4.33. The molecule has 2 heterocycles. The fourth-order valence-corrected chi connectivity index (χ4v) is 2.89. The zero-order chi connectivity index (χ0) is 18.8. The van der Waals surface area contributed by atoms with E-state index in [2.05, 4.69) is 15.3 Å². The molecule has 4 aromatic rings. The first-order chi connectivity index (χ1) is 13.1. The summed E-state index contributed by atoms with van der Waals surface area (Å²) in [5, 5.41) is 2.78. The molecule has 0 radical (unpaired) electrons. The number of H-pyrrole nitrogens is 2. The van der Waals surface area contributed by atoms with Gasteiger partial charge in [-0.1, -0.05) is 12.1 Å². The number of carbonyl (C=O) groups is 1. The second-order valence-corrected chi connectivity index (χ2v) is 6.13. The average molecular weight is 365 g/mol. The van der Waals surface area contributed by atoms with Crippen LogP contribution in [-0.4, -0.2) is 15.9 Å². The van der Waals surface area contributed by atoms with Gasteiger partial charge in [-0.25, -0.2) is 9.18 Å². The van der Waals surface area contributed by atoms with E-state index < -0.39 is 0 Å². The summed E-state index contributed by atoms with van der Waals surface area (Å²) < 4.78 is 19.5. The van der Waals surface area contributed by atoms with Crippen LogP contribution in [0.5, 0.6) is 0 Å². The van der Waals surface area contributed by atoms with Gasteiger partial charge in [0.1, 0.15) is 17.3 Å². The number of carbonyl (C=O) groups excluding carboxylic acids is 1. The molecule has 0 atom stereocenters. The van der Waals surface area contributed by atoms with E-state index in [0.717, 1.165) is 0 Å². The van der Waals surface area contributed by atoms with Gasteiger partial charge in [0.25, 0.3) is 0 Å². The van der Waals surface area contributed by atoms with Crippen LogP contribution in [-0.2, 0) is 11.2 Å². The molecule has 2 aromatic carbocycles. The van der Waals surface area contributed by atoms with Crippen LogP contribution in [0.25, 0.3) is 22.4 Å². The Bertz CT molecular complexity index is 1170. The lowest BCUT2D eigenvalue weighted by Gasteiger charge is -2.04. The molecule has 4 rings (SSSR count). The van der Waals surface area contributed by atoms with E-state index in [0.29, 0.717) is 40.2 Å². The Morgan fingerprint density at radius 1 is 1.04 bits per heavy atom. The number of halogens is 1. The standard InChI is InChI=1S/C20H16FN3O3/c21-15-4-2-1-3-14(15)18-9-6-13(27-18)7-10-19(25)22-12-5-8-16-17(11-12)24-20(26)23-16/h1-6,8-9,11H,7,10H2,(H,22,25)(H2,23,24,26). The first-order valence-electron chi connectivity index (χ1n) is 8.44. The quantitative estimate of drug-likeness (QED) is 0.502. The van der Waals surface area contributed by atoms with Crippen molar-refractivity contribution in [1.29, 1.82) is 0 Å². The number of anilines is 1. The largest absolute Gasteiger partial charge is 0.461 e. The summed E-state index contributed by atoms with van der Waals surface area (Å²) in [5.74, 6) is 0.504. The molecule has 0 aliphatic rings. The van der Waals surface area contributed by atoms with E-state index >= 15 is 0 Å². The van der Waals surface area contributed by atoms with Crippen LogP contribution in [0.3, 0.4) is 0 Å². The van der Waals surface area contributed by atoms with Crippen molar-refractivity contribution in [3.05, 3.63) is 76.7 Å². The van der Waals surface area contributed by atoms with Crippen molar-refractivity contribution in [2.24, 2.45) is 0 Å². The summed E-state index contributed by atoms with van der Waals surface area (Å²) >= 11 is 0. The van der Waals surface area contributed by atoms with E-state index in [-0.39, 0.29) is 23.8 Å². The summed E-state index contributed by atoms with van der Waals surface area (Å²) in [5.41, 5.74) is 1.99. The van der Waals surface area contributed by atoms with E-state index in [1.54, 1.807) is 48.5 Å². The van der Waals surface area contributed by atoms with Crippen molar-refractivity contribution in [2.45, 2.75) is 12.8 Å². The molecule has 1 amide bonds. The molecule has 27 heavy (non-hydrogen) atoms. The normalized spacial score (nSPS) is 11.0. The van der Waals surface area contributed by atoms with Gasteiger partial charge in [0.2, 0.25) is 5.91 Å². The van der Waals surface area contributed by atoms with E-state index in [1.165, 1.54) is 6.07 Å². The monoisotopic (exact) mass is 365 g/mol. The minimum atomic E-state index is -0.352. The molecule has 0 saturated heterocycles. The zero-order valence-corrected chi connectivity index (χ0v) is 14.2. The Morgan fingerprint density at radius 3 is 2.70 bits per heavy atom. The summed E-state index contributed by atoms with van der Waals surface area (Å²) in [7, 11) is 0. The molecule has 2 aromatic heterocycles. The summed E-state index contributed by atoms with van der Waals surface area (Å²) in [6.07, 6.45) is 0.607. The molecule has 0 fully saturated rings. The molecular weight excluding hydrogens is 349 g/mol. The van der Waals surface area contributed by atoms with Crippen LogP contribution in [0.15, 0.2) is 63.8 Å². The Balaban J connectivity index is 1.39. The molecule has 7 heteroatoms. The third kappa shape index (κ3) is 3.67. The second-order valence-electron chi connectivity index (χ2n) is 6.13. The van der Waals surface area contributed by atoms with Crippen molar-refractivity contribution in [3.63, 3.8) is 0 Å². The second kappa shape index (κ2) is 6.95. The molecule has 0 unspecified atom stereocenters. The third-order valence-corrected chi connectivity index (χ3v) is 4.20. The number of amides is 1. The Labute approximate surface area is 153 Å². The molecular formula is C20H16FN3O3. The summed E-state index contributed by atoms with van der Waals surface area (Å²) in [4.78, 5) is 28.7. The molecule has 0 aliphatic carbocycles.